The number of rotatable bonds is 14. The average molecular weight is 973 g/mol. The molecule has 0 aliphatic heterocycles. The highest BCUT2D eigenvalue weighted by Crippen LogP contribution is 2.35. The number of fused-ring (bicyclic) bond motifs is 2. The van der Waals surface area contributed by atoms with E-state index in [2.05, 4.69) is 30.6 Å². The Morgan fingerprint density at radius 2 is 1.01 bits per heavy atom. The van der Waals surface area contributed by atoms with E-state index in [0.717, 1.165) is 50.7 Å². The number of hydrogen-bond acceptors (Lipinski definition) is 7. The number of amides is 2. The Hall–Kier alpha value is -7.02. The number of hydrogen-bond donors (Lipinski definition) is 4. The lowest BCUT2D eigenvalue weighted by molar-refractivity contribution is 0.0946. The van der Waals surface area contributed by atoms with Gasteiger partial charge in [-0.1, -0.05) is 88.9 Å². The van der Waals surface area contributed by atoms with Crippen LogP contribution in [0.25, 0.3) is 44.8 Å². The van der Waals surface area contributed by atoms with E-state index in [0.29, 0.717) is 85.4 Å². The minimum Gasteiger partial charge on any atom is -0.497 e. The third-order valence-corrected chi connectivity index (χ3v) is 11.9. The summed E-state index contributed by atoms with van der Waals surface area (Å²) < 4.78 is 16.5. The van der Waals surface area contributed by atoms with Crippen molar-refractivity contribution >= 4 is 80.3 Å². The molecule has 0 aliphatic carbocycles. The Morgan fingerprint density at radius 1 is 0.522 bits per heavy atom. The number of carbonyl (C=O) groups is 2. The summed E-state index contributed by atoms with van der Waals surface area (Å²) in [5, 5.41) is 7.94. The standard InChI is InChI=1S/C28H21Cl2N3O2.C24H21Cl2N3O3/c29-22-7-4-8-23(30)26(22)27-32-24-14-11-19(17-25(24)33-27)28(34)31-16-15-18-9-12-21(13-10-18)35-20-5-2-1-3-6-20;1-31-16-7-9-21(32-2)14(12-16)10-11-27-24(30)15-6-8-19-20(13-15)29-23(28-19)22-17(25)4-3-5-18(22)26/h1-14,17H,15-16H2,(H,31,34)(H,32,33);3-9,12-13H,10-11H2,1-2H3,(H,27,30)(H,28,29). The van der Waals surface area contributed by atoms with Crippen LogP contribution in [-0.4, -0.2) is 59.1 Å². The normalized spacial score (nSPS) is 10.9. The topological polar surface area (TPSA) is 143 Å². The molecule has 7 aromatic carbocycles. The van der Waals surface area contributed by atoms with Crippen LogP contribution in [0, 0.1) is 0 Å². The van der Waals surface area contributed by atoms with E-state index in [1.54, 1.807) is 87.0 Å². The van der Waals surface area contributed by atoms with Gasteiger partial charge in [0.05, 0.1) is 67.5 Å². The molecular weight excluding hydrogens is 930 g/mol. The first-order valence-corrected chi connectivity index (χ1v) is 22.6. The fourth-order valence-electron chi connectivity index (χ4n) is 7.25. The number of imidazole rings is 2. The van der Waals surface area contributed by atoms with Gasteiger partial charge < -0.3 is 34.8 Å². The summed E-state index contributed by atoms with van der Waals surface area (Å²) in [5.41, 5.74) is 7.30. The van der Waals surface area contributed by atoms with Gasteiger partial charge >= 0.3 is 0 Å². The number of benzene rings is 7. The molecule has 0 unspecified atom stereocenters. The van der Waals surface area contributed by atoms with Gasteiger partial charge in [0, 0.05) is 24.2 Å². The lowest BCUT2D eigenvalue weighted by Crippen LogP contribution is -2.25. The first kappa shape index (κ1) is 46.5. The zero-order valence-electron chi connectivity index (χ0n) is 36.1. The molecule has 0 radical (unpaired) electrons. The van der Waals surface area contributed by atoms with Gasteiger partial charge in [0.25, 0.3) is 11.8 Å². The van der Waals surface area contributed by atoms with E-state index in [4.69, 9.17) is 60.6 Å². The highest BCUT2D eigenvalue weighted by molar-refractivity contribution is 6.39. The summed E-state index contributed by atoms with van der Waals surface area (Å²) in [4.78, 5) is 41.0. The van der Waals surface area contributed by atoms with Crippen LogP contribution in [0.2, 0.25) is 20.1 Å². The highest BCUT2D eigenvalue weighted by atomic mass is 35.5. The first-order chi connectivity index (χ1) is 32.6. The van der Waals surface area contributed by atoms with Crippen molar-refractivity contribution in [2.45, 2.75) is 12.8 Å². The minimum atomic E-state index is -0.180. The summed E-state index contributed by atoms with van der Waals surface area (Å²) in [6.07, 6.45) is 1.31. The van der Waals surface area contributed by atoms with Gasteiger partial charge in [0.2, 0.25) is 0 Å². The van der Waals surface area contributed by atoms with Crippen molar-refractivity contribution in [3.05, 3.63) is 188 Å². The van der Waals surface area contributed by atoms with Crippen LogP contribution in [0.15, 0.2) is 146 Å². The van der Waals surface area contributed by atoms with Crippen molar-refractivity contribution in [1.29, 1.82) is 0 Å². The molecule has 15 heteroatoms. The van der Waals surface area contributed by atoms with Crippen LogP contribution in [0.4, 0.5) is 0 Å². The van der Waals surface area contributed by atoms with Crippen molar-refractivity contribution in [2.24, 2.45) is 0 Å². The Labute approximate surface area is 406 Å². The smallest absolute Gasteiger partial charge is 0.251 e. The van der Waals surface area contributed by atoms with Gasteiger partial charge in [-0.05, 0) is 127 Å². The maximum atomic E-state index is 12.7. The number of para-hydroxylation sites is 1. The zero-order chi connectivity index (χ0) is 46.9. The Morgan fingerprint density at radius 3 is 1.52 bits per heavy atom. The number of aromatic nitrogens is 4. The number of methoxy groups -OCH3 is 2. The van der Waals surface area contributed by atoms with E-state index in [1.807, 2.05) is 72.8 Å². The zero-order valence-corrected chi connectivity index (χ0v) is 39.2. The first-order valence-electron chi connectivity index (χ1n) is 21.0. The Bertz CT molecular complexity index is 3150. The predicted molar refractivity (Wildman–Crippen MR) is 268 cm³/mol. The van der Waals surface area contributed by atoms with Gasteiger partial charge in [0.15, 0.2) is 0 Å². The molecule has 4 N–H and O–H groups in total. The Balaban J connectivity index is 0.000000182. The van der Waals surface area contributed by atoms with Crippen molar-refractivity contribution in [1.82, 2.24) is 30.6 Å². The SMILES string of the molecule is COc1ccc(OC)c(CCNC(=O)c2ccc3nc(-c4c(Cl)cccc4Cl)[nH]c3c2)c1.O=C(NCCc1ccc(Oc2ccccc2)cc1)c1ccc2nc(-c3c(Cl)cccc3Cl)[nH]c2c1. The van der Waals surface area contributed by atoms with Gasteiger partial charge in [-0.3, -0.25) is 9.59 Å². The van der Waals surface area contributed by atoms with Crippen LogP contribution in [0.1, 0.15) is 31.8 Å². The lowest BCUT2D eigenvalue weighted by atomic mass is 10.1. The fourth-order valence-corrected chi connectivity index (χ4v) is 8.40. The largest absolute Gasteiger partial charge is 0.497 e. The maximum absolute atomic E-state index is 12.7. The monoisotopic (exact) mass is 970 g/mol. The van der Waals surface area contributed by atoms with Crippen molar-refractivity contribution < 1.29 is 23.8 Å². The number of H-pyrrole nitrogens is 2. The number of nitrogens with one attached hydrogen (secondary N) is 4. The van der Waals surface area contributed by atoms with Crippen LogP contribution in [0.3, 0.4) is 0 Å². The molecular formula is C52H42Cl4N6O5. The molecule has 0 spiro atoms. The maximum Gasteiger partial charge on any atom is 0.251 e. The molecule has 11 nitrogen and oxygen atoms in total. The number of carbonyl (C=O) groups excluding carboxylic acids is 2. The third kappa shape index (κ3) is 11.3. The van der Waals surface area contributed by atoms with Gasteiger partial charge in [-0.25, -0.2) is 9.97 Å². The molecule has 2 aromatic heterocycles. The minimum absolute atomic E-state index is 0.150. The van der Waals surface area contributed by atoms with Crippen molar-refractivity contribution in [3.63, 3.8) is 0 Å². The summed E-state index contributed by atoms with van der Waals surface area (Å²) in [5.74, 6) is 3.85. The van der Waals surface area contributed by atoms with E-state index in [-0.39, 0.29) is 11.8 Å². The number of halogens is 4. The second kappa shape index (κ2) is 21.5. The molecule has 9 rings (SSSR count). The van der Waals surface area contributed by atoms with Crippen LogP contribution in [-0.2, 0) is 12.8 Å². The van der Waals surface area contributed by atoms with E-state index in [1.165, 1.54) is 0 Å². The fraction of sp³-hybridized carbons (Fsp3) is 0.115. The number of nitrogens with zero attached hydrogens (tertiary/aromatic N) is 2. The average Bonchev–Trinajstić information content (AvgIpc) is 3.96. The quantitative estimate of drug-likeness (QED) is 0.0849. The summed E-state index contributed by atoms with van der Waals surface area (Å²) in [6, 6.07) is 44.3. The molecule has 67 heavy (non-hydrogen) atoms. The van der Waals surface area contributed by atoms with E-state index in [9.17, 15) is 9.59 Å². The van der Waals surface area contributed by atoms with Gasteiger partial charge in [0.1, 0.15) is 34.6 Å². The van der Waals surface area contributed by atoms with Gasteiger partial charge in [-0.15, -0.1) is 0 Å². The summed E-state index contributed by atoms with van der Waals surface area (Å²) in [7, 11) is 3.23. The summed E-state index contributed by atoms with van der Waals surface area (Å²) in [6.45, 7) is 0.961. The molecule has 0 bridgehead atoms. The van der Waals surface area contributed by atoms with Crippen LogP contribution >= 0.6 is 46.4 Å². The van der Waals surface area contributed by atoms with Crippen LogP contribution < -0.4 is 24.8 Å². The van der Waals surface area contributed by atoms with E-state index < -0.39 is 0 Å². The summed E-state index contributed by atoms with van der Waals surface area (Å²) >= 11 is 25.2. The van der Waals surface area contributed by atoms with Gasteiger partial charge in [-0.2, -0.15) is 0 Å². The molecule has 2 amide bonds. The van der Waals surface area contributed by atoms with E-state index >= 15 is 0 Å². The molecule has 0 aliphatic rings. The highest BCUT2D eigenvalue weighted by Gasteiger charge is 2.17. The lowest BCUT2D eigenvalue weighted by Gasteiger charge is -2.11. The third-order valence-electron chi connectivity index (χ3n) is 10.7. The molecule has 0 atom stereocenters. The predicted octanol–water partition coefficient (Wildman–Crippen LogP) is 12.8. The van der Waals surface area contributed by atoms with Crippen molar-refractivity contribution in [3.8, 4) is 45.8 Å². The molecule has 2 heterocycles. The molecule has 0 saturated carbocycles. The number of aromatic amines is 2. The molecule has 338 valence electrons. The molecule has 0 fully saturated rings. The second-order valence-electron chi connectivity index (χ2n) is 15.1. The molecule has 9 aromatic rings. The second-order valence-corrected chi connectivity index (χ2v) is 16.7. The van der Waals surface area contributed by atoms with Crippen molar-refractivity contribution in [2.75, 3.05) is 27.3 Å². The Kier molecular flexibility index (Phi) is 14.9. The van der Waals surface area contributed by atoms with Crippen LogP contribution in [0.5, 0.6) is 23.0 Å². The molecule has 0 saturated heterocycles. The number of ether oxygens (including phenoxy) is 3.